The zero-order valence-electron chi connectivity index (χ0n) is 11.9. The number of amides is 1. The number of hydrogen-bond acceptors (Lipinski definition) is 7. The average molecular weight is 290 g/mol. The molecule has 112 valence electrons. The van der Waals surface area contributed by atoms with E-state index in [-0.39, 0.29) is 17.8 Å². The van der Waals surface area contributed by atoms with Crippen LogP contribution < -0.4 is 16.4 Å². The van der Waals surface area contributed by atoms with E-state index in [1.165, 1.54) is 0 Å². The lowest BCUT2D eigenvalue weighted by atomic mass is 10.3. The first kappa shape index (κ1) is 14.7. The van der Waals surface area contributed by atoms with Crippen molar-refractivity contribution in [3.63, 3.8) is 0 Å². The van der Waals surface area contributed by atoms with E-state index in [4.69, 9.17) is 5.73 Å². The van der Waals surface area contributed by atoms with E-state index in [9.17, 15) is 4.79 Å². The molecule has 1 atom stereocenters. The molecule has 1 unspecified atom stereocenters. The second-order valence-corrected chi connectivity index (χ2v) is 4.44. The summed E-state index contributed by atoms with van der Waals surface area (Å²) in [5, 5.41) is 5.70. The van der Waals surface area contributed by atoms with Gasteiger partial charge in [-0.2, -0.15) is 15.0 Å². The number of nitrogens with two attached hydrogens (primary N) is 1. The fraction of sp³-hybridized carbons (Fsp3) is 0.417. The van der Waals surface area contributed by atoms with E-state index in [1.807, 2.05) is 6.92 Å². The Morgan fingerprint density at radius 3 is 2.90 bits per heavy atom. The van der Waals surface area contributed by atoms with Gasteiger partial charge in [0, 0.05) is 18.9 Å². The molecule has 0 saturated carbocycles. The summed E-state index contributed by atoms with van der Waals surface area (Å²) in [7, 11) is 0. The van der Waals surface area contributed by atoms with Gasteiger partial charge in [0.2, 0.25) is 23.8 Å². The Morgan fingerprint density at radius 2 is 2.24 bits per heavy atom. The van der Waals surface area contributed by atoms with Gasteiger partial charge in [-0.15, -0.1) is 0 Å². The molecule has 2 aromatic heterocycles. The van der Waals surface area contributed by atoms with E-state index in [1.54, 1.807) is 30.2 Å². The van der Waals surface area contributed by atoms with Crippen molar-refractivity contribution in [3.05, 3.63) is 18.7 Å². The number of imidazole rings is 1. The SMILES string of the molecule is CCCNC(=O)C(C)Nc1nc(N)nc(-n2ccnc2)n1. The van der Waals surface area contributed by atoms with E-state index in [0.717, 1.165) is 6.42 Å². The molecule has 9 heteroatoms. The van der Waals surface area contributed by atoms with Gasteiger partial charge in [0.05, 0.1) is 0 Å². The first-order valence-electron chi connectivity index (χ1n) is 6.64. The van der Waals surface area contributed by atoms with Crippen LogP contribution in [0.25, 0.3) is 5.95 Å². The van der Waals surface area contributed by atoms with Gasteiger partial charge in [0.25, 0.3) is 0 Å². The van der Waals surface area contributed by atoms with E-state index < -0.39 is 6.04 Å². The van der Waals surface area contributed by atoms with Crippen LogP contribution in [0.4, 0.5) is 11.9 Å². The summed E-state index contributed by atoms with van der Waals surface area (Å²) in [5.41, 5.74) is 5.66. The highest BCUT2D eigenvalue weighted by molar-refractivity contribution is 5.83. The van der Waals surface area contributed by atoms with Crippen molar-refractivity contribution in [1.29, 1.82) is 0 Å². The fourth-order valence-corrected chi connectivity index (χ4v) is 1.60. The number of hydrogen-bond donors (Lipinski definition) is 3. The van der Waals surface area contributed by atoms with Crippen LogP contribution in [0.3, 0.4) is 0 Å². The van der Waals surface area contributed by atoms with Crippen molar-refractivity contribution in [3.8, 4) is 5.95 Å². The molecular weight excluding hydrogens is 272 g/mol. The van der Waals surface area contributed by atoms with Gasteiger partial charge in [0.15, 0.2) is 0 Å². The highest BCUT2D eigenvalue weighted by atomic mass is 16.2. The minimum absolute atomic E-state index is 0.0670. The molecule has 0 fully saturated rings. The Balaban J connectivity index is 2.11. The van der Waals surface area contributed by atoms with Gasteiger partial charge < -0.3 is 16.4 Å². The Kier molecular flexibility index (Phi) is 4.64. The van der Waals surface area contributed by atoms with Gasteiger partial charge in [-0.25, -0.2) is 4.98 Å². The molecule has 0 aromatic carbocycles. The second kappa shape index (κ2) is 6.64. The van der Waals surface area contributed by atoms with Crippen LogP contribution >= 0.6 is 0 Å². The van der Waals surface area contributed by atoms with Gasteiger partial charge in [-0.05, 0) is 13.3 Å². The molecule has 9 nitrogen and oxygen atoms in total. The summed E-state index contributed by atoms with van der Waals surface area (Å²) < 4.78 is 1.60. The Hall–Kier alpha value is -2.71. The Bertz CT molecular complexity index is 597. The summed E-state index contributed by atoms with van der Waals surface area (Å²) in [6.07, 6.45) is 5.72. The largest absolute Gasteiger partial charge is 0.368 e. The number of nitrogens with zero attached hydrogens (tertiary/aromatic N) is 5. The molecule has 2 aromatic rings. The zero-order valence-corrected chi connectivity index (χ0v) is 11.9. The number of nitrogens with one attached hydrogen (secondary N) is 2. The van der Waals surface area contributed by atoms with Gasteiger partial charge in [0.1, 0.15) is 12.4 Å². The number of nitrogen functional groups attached to an aromatic ring is 1. The lowest BCUT2D eigenvalue weighted by molar-refractivity contribution is -0.121. The van der Waals surface area contributed by atoms with Crippen molar-refractivity contribution >= 4 is 17.8 Å². The topological polar surface area (TPSA) is 124 Å². The lowest BCUT2D eigenvalue weighted by Crippen LogP contribution is -2.38. The quantitative estimate of drug-likeness (QED) is 0.682. The normalized spacial score (nSPS) is 11.9. The molecule has 0 aliphatic rings. The maximum Gasteiger partial charge on any atom is 0.242 e. The van der Waals surface area contributed by atoms with Crippen molar-refractivity contribution in [2.45, 2.75) is 26.3 Å². The highest BCUT2D eigenvalue weighted by Gasteiger charge is 2.14. The Morgan fingerprint density at radius 1 is 1.43 bits per heavy atom. The lowest BCUT2D eigenvalue weighted by Gasteiger charge is -2.14. The molecule has 0 radical (unpaired) electrons. The smallest absolute Gasteiger partial charge is 0.242 e. The Labute approximate surface area is 122 Å². The molecule has 1 amide bonds. The van der Waals surface area contributed by atoms with Gasteiger partial charge in [-0.3, -0.25) is 9.36 Å². The minimum Gasteiger partial charge on any atom is -0.368 e. The molecule has 0 bridgehead atoms. The maximum absolute atomic E-state index is 11.8. The molecule has 4 N–H and O–H groups in total. The number of aromatic nitrogens is 5. The summed E-state index contributed by atoms with van der Waals surface area (Å²) >= 11 is 0. The maximum atomic E-state index is 11.8. The van der Waals surface area contributed by atoms with Crippen LogP contribution in [0.15, 0.2) is 18.7 Å². The van der Waals surface area contributed by atoms with Crippen molar-refractivity contribution in [2.24, 2.45) is 0 Å². The van der Waals surface area contributed by atoms with Crippen LogP contribution in [0.5, 0.6) is 0 Å². The predicted octanol–water partition coefficient (Wildman–Crippen LogP) is -0.0339. The van der Waals surface area contributed by atoms with Crippen LogP contribution in [0.1, 0.15) is 20.3 Å². The predicted molar refractivity (Wildman–Crippen MR) is 77.7 cm³/mol. The van der Waals surface area contributed by atoms with Gasteiger partial charge >= 0.3 is 0 Å². The van der Waals surface area contributed by atoms with Crippen molar-refractivity contribution in [2.75, 3.05) is 17.6 Å². The fourth-order valence-electron chi connectivity index (χ4n) is 1.60. The van der Waals surface area contributed by atoms with Crippen LogP contribution in [0, 0.1) is 0 Å². The molecule has 0 aliphatic carbocycles. The summed E-state index contributed by atoms with van der Waals surface area (Å²) in [5.74, 6) is 0.520. The second-order valence-electron chi connectivity index (χ2n) is 4.44. The summed E-state index contributed by atoms with van der Waals surface area (Å²) in [6.45, 7) is 4.34. The van der Waals surface area contributed by atoms with Crippen molar-refractivity contribution in [1.82, 2.24) is 29.8 Å². The first-order valence-corrected chi connectivity index (χ1v) is 6.64. The number of rotatable bonds is 6. The minimum atomic E-state index is -0.478. The van der Waals surface area contributed by atoms with Gasteiger partial charge in [-0.1, -0.05) is 6.92 Å². The molecule has 0 aliphatic heterocycles. The van der Waals surface area contributed by atoms with Crippen LogP contribution in [0.2, 0.25) is 0 Å². The van der Waals surface area contributed by atoms with Crippen LogP contribution in [-0.4, -0.2) is 43.0 Å². The van der Waals surface area contributed by atoms with E-state index in [0.29, 0.717) is 12.5 Å². The molecule has 0 saturated heterocycles. The number of carbonyl (C=O) groups excluding carboxylic acids is 1. The number of carbonyl (C=O) groups is 1. The third kappa shape index (κ3) is 3.88. The standard InChI is InChI=1S/C12H18N8O/c1-3-4-15-9(21)8(2)16-11-17-10(13)18-12(19-11)20-6-5-14-7-20/h5-8H,3-4H2,1-2H3,(H,15,21)(H3,13,16,17,18,19). The first-order chi connectivity index (χ1) is 10.1. The highest BCUT2D eigenvalue weighted by Crippen LogP contribution is 2.08. The van der Waals surface area contributed by atoms with Crippen molar-refractivity contribution < 1.29 is 4.79 Å². The average Bonchev–Trinajstić information content (AvgIpc) is 2.98. The summed E-state index contributed by atoms with van der Waals surface area (Å²) in [4.78, 5) is 27.9. The monoisotopic (exact) mass is 290 g/mol. The molecule has 2 rings (SSSR count). The molecule has 21 heavy (non-hydrogen) atoms. The van der Waals surface area contributed by atoms with Crippen LogP contribution in [-0.2, 0) is 4.79 Å². The van der Waals surface area contributed by atoms with E-state index in [2.05, 4.69) is 30.6 Å². The zero-order chi connectivity index (χ0) is 15.2. The molecular formula is C12H18N8O. The third-order valence-electron chi connectivity index (χ3n) is 2.66. The number of anilines is 2. The summed E-state index contributed by atoms with van der Waals surface area (Å²) in [6, 6.07) is -0.478. The molecule has 0 spiro atoms. The third-order valence-corrected chi connectivity index (χ3v) is 2.66. The van der Waals surface area contributed by atoms with E-state index >= 15 is 0 Å². The molecule has 2 heterocycles.